The van der Waals surface area contributed by atoms with Crippen LogP contribution in [-0.4, -0.2) is 25.4 Å². The van der Waals surface area contributed by atoms with Crippen molar-refractivity contribution in [3.8, 4) is 5.75 Å². The van der Waals surface area contributed by atoms with Crippen LogP contribution in [0.2, 0.25) is 0 Å². The van der Waals surface area contributed by atoms with Crippen molar-refractivity contribution in [3.63, 3.8) is 0 Å². The number of hydrogen-bond donors (Lipinski definition) is 1. The first-order chi connectivity index (χ1) is 10.0. The summed E-state index contributed by atoms with van der Waals surface area (Å²) in [5, 5.41) is 3.22. The molecule has 116 valence electrons. The van der Waals surface area contributed by atoms with Gasteiger partial charge in [0.1, 0.15) is 5.75 Å². The summed E-state index contributed by atoms with van der Waals surface area (Å²) in [7, 11) is 0. The Morgan fingerprint density at radius 3 is 2.95 bits per heavy atom. The molecule has 0 aromatic heterocycles. The summed E-state index contributed by atoms with van der Waals surface area (Å²) >= 11 is 0. The summed E-state index contributed by atoms with van der Waals surface area (Å²) in [6.07, 6.45) is -1.14. The molecule has 1 fully saturated rings. The number of benzene rings is 1. The van der Waals surface area contributed by atoms with Gasteiger partial charge in [-0.1, -0.05) is 12.1 Å². The SMILES string of the molecule is FC(F)(F)C1CCNC(CCc2ccc3c(c2)CCO3)C1. The van der Waals surface area contributed by atoms with Crippen LogP contribution in [0.1, 0.15) is 30.4 Å². The first-order valence-electron chi connectivity index (χ1n) is 7.57. The minimum Gasteiger partial charge on any atom is -0.493 e. The van der Waals surface area contributed by atoms with Crippen molar-refractivity contribution in [1.29, 1.82) is 0 Å². The molecule has 0 spiro atoms. The number of aryl methyl sites for hydroxylation is 1. The molecule has 2 heterocycles. The summed E-state index contributed by atoms with van der Waals surface area (Å²) in [6, 6.07) is 6.10. The molecule has 3 rings (SSSR count). The molecule has 21 heavy (non-hydrogen) atoms. The van der Waals surface area contributed by atoms with Crippen molar-refractivity contribution < 1.29 is 17.9 Å². The number of halogens is 3. The van der Waals surface area contributed by atoms with Crippen molar-refractivity contribution in [2.45, 2.75) is 44.3 Å². The molecule has 2 aliphatic heterocycles. The monoisotopic (exact) mass is 299 g/mol. The van der Waals surface area contributed by atoms with E-state index in [2.05, 4.69) is 11.4 Å². The maximum atomic E-state index is 12.8. The van der Waals surface area contributed by atoms with E-state index < -0.39 is 12.1 Å². The second-order valence-electron chi connectivity index (χ2n) is 5.99. The van der Waals surface area contributed by atoms with Gasteiger partial charge in [0.15, 0.2) is 0 Å². The number of nitrogens with one attached hydrogen (secondary N) is 1. The molecule has 0 radical (unpaired) electrons. The Balaban J connectivity index is 1.55. The molecule has 0 amide bonds. The summed E-state index contributed by atoms with van der Waals surface area (Å²) in [5.74, 6) is -0.191. The molecule has 0 aliphatic carbocycles. The van der Waals surface area contributed by atoms with E-state index in [0.717, 1.165) is 31.6 Å². The lowest BCUT2D eigenvalue weighted by Crippen LogP contribution is -2.42. The van der Waals surface area contributed by atoms with Crippen LogP contribution in [0.25, 0.3) is 0 Å². The molecule has 2 unspecified atom stereocenters. The Bertz CT molecular complexity index is 501. The third-order valence-corrected chi connectivity index (χ3v) is 4.49. The summed E-state index contributed by atoms with van der Waals surface area (Å²) in [5.41, 5.74) is 2.41. The zero-order chi connectivity index (χ0) is 14.9. The van der Waals surface area contributed by atoms with Crippen molar-refractivity contribution in [2.75, 3.05) is 13.2 Å². The molecule has 5 heteroatoms. The Morgan fingerprint density at radius 2 is 2.14 bits per heavy atom. The number of fused-ring (bicyclic) bond motifs is 1. The van der Waals surface area contributed by atoms with Crippen molar-refractivity contribution in [2.24, 2.45) is 5.92 Å². The molecule has 1 saturated heterocycles. The lowest BCUT2D eigenvalue weighted by Gasteiger charge is -2.31. The number of ether oxygens (including phenoxy) is 1. The summed E-state index contributed by atoms with van der Waals surface area (Å²) < 4.78 is 43.8. The quantitative estimate of drug-likeness (QED) is 0.922. The summed E-state index contributed by atoms with van der Waals surface area (Å²) in [6.45, 7) is 1.20. The predicted molar refractivity (Wildman–Crippen MR) is 74.5 cm³/mol. The standard InChI is InChI=1S/C16H20F3NO/c17-16(18,19)13-5-7-20-14(10-13)3-1-11-2-4-15-12(9-11)6-8-21-15/h2,4,9,13-14,20H,1,3,5-8,10H2. The van der Waals surface area contributed by atoms with Gasteiger partial charge in [0.25, 0.3) is 0 Å². The van der Waals surface area contributed by atoms with Crippen LogP contribution in [0.4, 0.5) is 13.2 Å². The number of alkyl halides is 3. The Morgan fingerprint density at radius 1 is 1.29 bits per heavy atom. The molecule has 0 bridgehead atoms. The van der Waals surface area contributed by atoms with Gasteiger partial charge < -0.3 is 10.1 Å². The fourth-order valence-corrected chi connectivity index (χ4v) is 3.26. The van der Waals surface area contributed by atoms with E-state index in [1.165, 1.54) is 11.1 Å². The van der Waals surface area contributed by atoms with E-state index in [-0.39, 0.29) is 18.9 Å². The fraction of sp³-hybridized carbons (Fsp3) is 0.625. The van der Waals surface area contributed by atoms with Gasteiger partial charge in [-0.3, -0.25) is 0 Å². The van der Waals surface area contributed by atoms with Crippen LogP contribution in [0.3, 0.4) is 0 Å². The zero-order valence-electron chi connectivity index (χ0n) is 11.9. The van der Waals surface area contributed by atoms with E-state index in [9.17, 15) is 13.2 Å². The van der Waals surface area contributed by atoms with E-state index in [0.29, 0.717) is 6.54 Å². The number of rotatable bonds is 3. The summed E-state index contributed by atoms with van der Waals surface area (Å²) in [4.78, 5) is 0. The smallest absolute Gasteiger partial charge is 0.391 e. The Kier molecular flexibility index (Phi) is 4.11. The largest absolute Gasteiger partial charge is 0.493 e. The maximum absolute atomic E-state index is 12.8. The average Bonchev–Trinajstić information content (AvgIpc) is 2.92. The lowest BCUT2D eigenvalue weighted by atomic mass is 9.89. The van der Waals surface area contributed by atoms with Crippen LogP contribution in [-0.2, 0) is 12.8 Å². The maximum Gasteiger partial charge on any atom is 0.391 e. The van der Waals surface area contributed by atoms with E-state index >= 15 is 0 Å². The van der Waals surface area contributed by atoms with E-state index in [1.54, 1.807) is 0 Å². The minimum absolute atomic E-state index is 0.0325. The molecular weight excluding hydrogens is 279 g/mol. The lowest BCUT2D eigenvalue weighted by molar-refractivity contribution is -0.183. The first kappa shape index (κ1) is 14.7. The highest BCUT2D eigenvalue weighted by atomic mass is 19.4. The minimum atomic E-state index is -4.05. The number of piperidine rings is 1. The van der Waals surface area contributed by atoms with Crippen LogP contribution >= 0.6 is 0 Å². The van der Waals surface area contributed by atoms with Gasteiger partial charge in [-0.2, -0.15) is 13.2 Å². The van der Waals surface area contributed by atoms with Crippen LogP contribution < -0.4 is 10.1 Å². The van der Waals surface area contributed by atoms with Gasteiger partial charge in [0.2, 0.25) is 0 Å². The number of hydrogen-bond acceptors (Lipinski definition) is 2. The first-order valence-corrected chi connectivity index (χ1v) is 7.57. The van der Waals surface area contributed by atoms with Gasteiger partial charge in [0.05, 0.1) is 12.5 Å². The molecular formula is C16H20F3NO. The topological polar surface area (TPSA) is 21.3 Å². The third kappa shape index (κ3) is 3.51. The molecule has 0 saturated carbocycles. The molecule has 1 aromatic rings. The van der Waals surface area contributed by atoms with Crippen molar-refractivity contribution in [1.82, 2.24) is 5.32 Å². The molecule has 1 aromatic carbocycles. The molecule has 1 N–H and O–H groups in total. The van der Waals surface area contributed by atoms with E-state index in [1.807, 2.05) is 12.1 Å². The van der Waals surface area contributed by atoms with Crippen LogP contribution in [0, 0.1) is 5.92 Å². The highest BCUT2D eigenvalue weighted by Gasteiger charge is 2.41. The Hall–Kier alpha value is -1.23. The Labute approximate surface area is 122 Å². The zero-order valence-corrected chi connectivity index (χ0v) is 11.9. The second kappa shape index (κ2) is 5.87. The van der Waals surface area contributed by atoms with E-state index in [4.69, 9.17) is 4.74 Å². The molecule has 2 aliphatic rings. The predicted octanol–water partition coefficient (Wildman–Crippen LogP) is 3.48. The van der Waals surface area contributed by atoms with Gasteiger partial charge >= 0.3 is 6.18 Å². The normalized spacial score (nSPS) is 25.5. The fourth-order valence-electron chi connectivity index (χ4n) is 3.26. The van der Waals surface area contributed by atoms with Gasteiger partial charge in [-0.05, 0) is 49.4 Å². The third-order valence-electron chi connectivity index (χ3n) is 4.49. The van der Waals surface area contributed by atoms with Crippen LogP contribution in [0.15, 0.2) is 18.2 Å². The van der Waals surface area contributed by atoms with Crippen molar-refractivity contribution in [3.05, 3.63) is 29.3 Å². The molecule has 2 nitrogen and oxygen atoms in total. The van der Waals surface area contributed by atoms with Crippen LogP contribution in [0.5, 0.6) is 5.75 Å². The second-order valence-corrected chi connectivity index (χ2v) is 5.99. The van der Waals surface area contributed by atoms with Gasteiger partial charge in [-0.25, -0.2) is 0 Å². The molecule has 2 atom stereocenters. The van der Waals surface area contributed by atoms with Gasteiger partial charge in [-0.15, -0.1) is 0 Å². The highest BCUT2D eigenvalue weighted by molar-refractivity contribution is 5.39. The average molecular weight is 299 g/mol. The van der Waals surface area contributed by atoms with Gasteiger partial charge in [0, 0.05) is 12.5 Å². The van der Waals surface area contributed by atoms with Crippen molar-refractivity contribution >= 4 is 0 Å². The highest BCUT2D eigenvalue weighted by Crippen LogP contribution is 2.35.